The molecular weight excluding hydrogens is 298 g/mol. The van der Waals surface area contributed by atoms with E-state index in [2.05, 4.69) is 17.1 Å². The summed E-state index contributed by atoms with van der Waals surface area (Å²) >= 11 is 0. The topological polar surface area (TPSA) is 50.9 Å². The molecule has 0 spiro atoms. The Morgan fingerprint density at radius 2 is 1.67 bits per heavy atom. The zero-order valence-corrected chi connectivity index (χ0v) is 14.9. The quantitative estimate of drug-likeness (QED) is 0.702. The minimum Gasteiger partial charge on any atom is -0.391 e. The van der Waals surface area contributed by atoms with E-state index in [0.29, 0.717) is 5.92 Å². The first-order chi connectivity index (χ1) is 11.8. The number of aliphatic hydroxyl groups excluding tert-OH is 1. The van der Waals surface area contributed by atoms with Crippen molar-refractivity contribution in [2.75, 3.05) is 0 Å². The number of aromatic nitrogens is 3. The van der Waals surface area contributed by atoms with Crippen molar-refractivity contribution in [3.8, 4) is 0 Å². The lowest BCUT2D eigenvalue weighted by Crippen LogP contribution is -2.32. The lowest BCUT2D eigenvalue weighted by Gasteiger charge is -2.32. The third-order valence-corrected chi connectivity index (χ3v) is 5.45. The maximum Gasteiger partial charge on any atom is 0.113 e. The standard InChI is InChI=1S/C20H31N3O/c1-2-3-4-5-6-7-10-16-13-14-20(24)19(15-16)23-21-17-11-8-9-12-18(17)22-23/h8-9,11-12,16,19-20,24H,2-7,10,13-15H2,1H3. The number of aliphatic hydroxyl groups is 1. The molecular formula is C20H31N3O. The molecule has 1 aliphatic rings. The molecule has 1 saturated carbocycles. The minimum atomic E-state index is -0.312. The Morgan fingerprint density at radius 3 is 2.38 bits per heavy atom. The number of hydrogen-bond donors (Lipinski definition) is 1. The number of hydrogen-bond acceptors (Lipinski definition) is 3. The zero-order valence-electron chi connectivity index (χ0n) is 14.9. The average Bonchev–Trinajstić information content (AvgIpc) is 3.03. The van der Waals surface area contributed by atoms with Crippen LogP contribution >= 0.6 is 0 Å². The van der Waals surface area contributed by atoms with E-state index in [-0.39, 0.29) is 12.1 Å². The summed E-state index contributed by atoms with van der Waals surface area (Å²) < 4.78 is 0. The minimum absolute atomic E-state index is 0.0382. The van der Waals surface area contributed by atoms with Gasteiger partial charge in [0, 0.05) is 0 Å². The molecule has 4 nitrogen and oxygen atoms in total. The highest BCUT2D eigenvalue weighted by Crippen LogP contribution is 2.35. The van der Waals surface area contributed by atoms with Gasteiger partial charge in [-0.15, -0.1) is 0 Å². The van der Waals surface area contributed by atoms with Crippen LogP contribution in [0, 0.1) is 5.92 Å². The summed E-state index contributed by atoms with van der Waals surface area (Å²) in [6.07, 6.45) is 12.1. The smallest absolute Gasteiger partial charge is 0.113 e. The predicted molar refractivity (Wildman–Crippen MR) is 97.9 cm³/mol. The van der Waals surface area contributed by atoms with Gasteiger partial charge in [-0.05, 0) is 37.3 Å². The van der Waals surface area contributed by atoms with Gasteiger partial charge in [-0.2, -0.15) is 15.0 Å². The van der Waals surface area contributed by atoms with E-state index in [1.165, 1.54) is 44.9 Å². The van der Waals surface area contributed by atoms with Gasteiger partial charge in [0.05, 0.1) is 12.1 Å². The van der Waals surface area contributed by atoms with Gasteiger partial charge >= 0.3 is 0 Å². The van der Waals surface area contributed by atoms with E-state index in [0.717, 1.165) is 30.3 Å². The van der Waals surface area contributed by atoms with Crippen molar-refractivity contribution in [3.63, 3.8) is 0 Å². The molecule has 24 heavy (non-hydrogen) atoms. The highest BCUT2D eigenvalue weighted by atomic mass is 16.3. The lowest BCUT2D eigenvalue weighted by atomic mass is 9.81. The molecule has 0 aliphatic heterocycles. The van der Waals surface area contributed by atoms with Gasteiger partial charge in [0.1, 0.15) is 11.0 Å². The summed E-state index contributed by atoms with van der Waals surface area (Å²) in [5.41, 5.74) is 1.84. The van der Waals surface area contributed by atoms with E-state index in [1.54, 1.807) is 4.80 Å². The van der Waals surface area contributed by atoms with Crippen molar-refractivity contribution < 1.29 is 5.11 Å². The van der Waals surface area contributed by atoms with Crippen LogP contribution in [0.5, 0.6) is 0 Å². The number of unbranched alkanes of at least 4 members (excludes halogenated alkanes) is 5. The van der Waals surface area contributed by atoms with Crippen LogP contribution in [-0.4, -0.2) is 26.2 Å². The molecule has 0 saturated heterocycles. The normalized spacial score (nSPS) is 24.5. The molecule has 4 heteroatoms. The highest BCUT2D eigenvalue weighted by molar-refractivity contribution is 5.72. The Kier molecular flexibility index (Phi) is 6.24. The van der Waals surface area contributed by atoms with Gasteiger partial charge in [0.15, 0.2) is 0 Å². The van der Waals surface area contributed by atoms with Crippen LogP contribution < -0.4 is 0 Å². The zero-order chi connectivity index (χ0) is 16.8. The first-order valence-electron chi connectivity index (χ1n) is 9.77. The molecule has 0 radical (unpaired) electrons. The van der Waals surface area contributed by atoms with Gasteiger partial charge in [0.25, 0.3) is 0 Å². The molecule has 3 unspecified atom stereocenters. The van der Waals surface area contributed by atoms with Gasteiger partial charge in [-0.3, -0.25) is 0 Å². The Morgan fingerprint density at radius 1 is 1.00 bits per heavy atom. The lowest BCUT2D eigenvalue weighted by molar-refractivity contribution is 0.0398. The predicted octanol–water partition coefficient (Wildman–Crippen LogP) is 4.88. The summed E-state index contributed by atoms with van der Waals surface area (Å²) in [7, 11) is 0. The molecule has 0 amide bonds. The van der Waals surface area contributed by atoms with E-state index < -0.39 is 0 Å². The fraction of sp³-hybridized carbons (Fsp3) is 0.700. The van der Waals surface area contributed by atoms with Crippen LogP contribution in [0.3, 0.4) is 0 Å². The molecule has 1 fully saturated rings. The second-order valence-electron chi connectivity index (χ2n) is 7.38. The van der Waals surface area contributed by atoms with Gasteiger partial charge < -0.3 is 5.11 Å². The fourth-order valence-corrected chi connectivity index (χ4v) is 3.96. The van der Waals surface area contributed by atoms with E-state index in [1.807, 2.05) is 24.3 Å². The largest absolute Gasteiger partial charge is 0.391 e. The second kappa shape index (κ2) is 8.61. The fourth-order valence-electron chi connectivity index (χ4n) is 3.96. The van der Waals surface area contributed by atoms with E-state index in [4.69, 9.17) is 0 Å². The molecule has 2 aromatic rings. The molecule has 1 aromatic carbocycles. The first-order valence-corrected chi connectivity index (χ1v) is 9.77. The molecule has 1 heterocycles. The Balaban J connectivity index is 1.53. The first kappa shape index (κ1) is 17.4. The summed E-state index contributed by atoms with van der Waals surface area (Å²) in [6.45, 7) is 2.26. The molecule has 3 rings (SSSR count). The molecule has 132 valence electrons. The van der Waals surface area contributed by atoms with E-state index >= 15 is 0 Å². The molecule has 3 atom stereocenters. The van der Waals surface area contributed by atoms with Crippen LogP contribution in [-0.2, 0) is 0 Å². The van der Waals surface area contributed by atoms with Crippen LogP contribution in [0.1, 0.15) is 77.2 Å². The van der Waals surface area contributed by atoms with Crippen LogP contribution in [0.2, 0.25) is 0 Å². The van der Waals surface area contributed by atoms with Crippen molar-refractivity contribution in [3.05, 3.63) is 24.3 Å². The van der Waals surface area contributed by atoms with Crippen molar-refractivity contribution in [1.82, 2.24) is 15.0 Å². The molecule has 1 aromatic heterocycles. The number of nitrogens with zero attached hydrogens (tertiary/aromatic N) is 3. The van der Waals surface area contributed by atoms with Crippen molar-refractivity contribution in [2.24, 2.45) is 5.92 Å². The Labute approximate surface area is 145 Å². The Bertz CT molecular complexity index is 591. The van der Waals surface area contributed by atoms with Crippen molar-refractivity contribution in [1.29, 1.82) is 0 Å². The van der Waals surface area contributed by atoms with Gasteiger partial charge in [-0.1, -0.05) is 64.0 Å². The van der Waals surface area contributed by atoms with Crippen LogP contribution in [0.25, 0.3) is 11.0 Å². The maximum atomic E-state index is 10.4. The summed E-state index contributed by atoms with van der Waals surface area (Å²) in [4.78, 5) is 1.78. The van der Waals surface area contributed by atoms with Crippen LogP contribution in [0.15, 0.2) is 24.3 Å². The molecule has 1 aliphatic carbocycles. The third-order valence-electron chi connectivity index (χ3n) is 5.45. The summed E-state index contributed by atoms with van der Waals surface area (Å²) in [6, 6.07) is 7.99. The van der Waals surface area contributed by atoms with Crippen molar-refractivity contribution in [2.45, 2.75) is 83.3 Å². The maximum absolute atomic E-state index is 10.4. The number of fused-ring (bicyclic) bond motifs is 1. The average molecular weight is 329 g/mol. The molecule has 0 bridgehead atoms. The molecule has 1 N–H and O–H groups in total. The van der Waals surface area contributed by atoms with Crippen molar-refractivity contribution >= 4 is 11.0 Å². The third kappa shape index (κ3) is 4.35. The number of rotatable bonds is 8. The van der Waals surface area contributed by atoms with Gasteiger partial charge in [-0.25, -0.2) is 0 Å². The van der Waals surface area contributed by atoms with Crippen LogP contribution in [0.4, 0.5) is 0 Å². The highest BCUT2D eigenvalue weighted by Gasteiger charge is 2.31. The summed E-state index contributed by atoms with van der Waals surface area (Å²) in [5.74, 6) is 0.707. The summed E-state index contributed by atoms with van der Waals surface area (Å²) in [5, 5.41) is 19.6. The van der Waals surface area contributed by atoms with Gasteiger partial charge in [0.2, 0.25) is 0 Å². The Hall–Kier alpha value is -1.42. The second-order valence-corrected chi connectivity index (χ2v) is 7.38. The number of benzene rings is 1. The monoisotopic (exact) mass is 329 g/mol. The SMILES string of the molecule is CCCCCCCCC1CCC(O)C(n2nc3ccccc3n2)C1. The van der Waals surface area contributed by atoms with E-state index in [9.17, 15) is 5.11 Å².